The highest BCUT2D eigenvalue weighted by Crippen LogP contribution is 2.35. The number of nitrogens with zero attached hydrogens (tertiary/aromatic N) is 2. The van der Waals surface area contributed by atoms with E-state index >= 15 is 0 Å². The second-order valence-corrected chi connectivity index (χ2v) is 6.06. The molecule has 9 heteroatoms. The van der Waals surface area contributed by atoms with E-state index < -0.39 is 22.3 Å². The van der Waals surface area contributed by atoms with Crippen LogP contribution in [0.4, 0.5) is 11.4 Å². The third-order valence-corrected chi connectivity index (χ3v) is 3.97. The zero-order valence-corrected chi connectivity index (χ0v) is 15.7. The maximum Gasteiger partial charge on any atom is 0.312 e. The number of ether oxygens (including phenoxy) is 1. The van der Waals surface area contributed by atoms with Crippen LogP contribution in [0.15, 0.2) is 46.4 Å². The molecule has 0 atom stereocenters. The summed E-state index contributed by atoms with van der Waals surface area (Å²) in [5.74, 6) is -0.559. The van der Waals surface area contributed by atoms with Gasteiger partial charge in [0.1, 0.15) is 17.4 Å². The molecule has 0 aliphatic heterocycles. The molecule has 0 unspecified atom stereocenters. The molecule has 1 amide bonds. The molecular formula is C18H14BrN3O5. The molecular weight excluding hydrogens is 418 g/mol. The highest BCUT2D eigenvalue weighted by atomic mass is 79.9. The van der Waals surface area contributed by atoms with Gasteiger partial charge in [-0.25, -0.2) is 0 Å². The highest BCUT2D eigenvalue weighted by Gasteiger charge is 2.18. The molecule has 0 heterocycles. The van der Waals surface area contributed by atoms with Crippen LogP contribution in [0.5, 0.6) is 11.5 Å². The first kappa shape index (κ1) is 19.9. The van der Waals surface area contributed by atoms with Crippen molar-refractivity contribution in [2.75, 3.05) is 11.9 Å². The van der Waals surface area contributed by atoms with Crippen LogP contribution < -0.4 is 10.1 Å². The Morgan fingerprint density at radius 3 is 2.63 bits per heavy atom. The van der Waals surface area contributed by atoms with Gasteiger partial charge >= 0.3 is 5.69 Å². The normalized spacial score (nSPS) is 10.8. The number of nitro benzene ring substituents is 1. The topological polar surface area (TPSA) is 125 Å². The van der Waals surface area contributed by atoms with E-state index in [1.807, 2.05) is 6.92 Å². The Kier molecular flexibility index (Phi) is 6.51. The molecule has 0 fully saturated rings. The number of carbonyl (C=O) groups excluding carboxylic acids is 1. The van der Waals surface area contributed by atoms with Crippen molar-refractivity contribution in [1.29, 1.82) is 5.26 Å². The lowest BCUT2D eigenvalue weighted by molar-refractivity contribution is -0.386. The number of nitro groups is 1. The molecule has 0 aromatic heterocycles. The minimum atomic E-state index is -0.760. The van der Waals surface area contributed by atoms with Gasteiger partial charge in [-0.05, 0) is 64.8 Å². The van der Waals surface area contributed by atoms with Gasteiger partial charge in [-0.1, -0.05) is 0 Å². The van der Waals surface area contributed by atoms with E-state index in [0.717, 1.165) is 6.07 Å². The number of carbonyl (C=O) groups is 1. The van der Waals surface area contributed by atoms with Gasteiger partial charge in [-0.2, -0.15) is 5.26 Å². The molecule has 2 rings (SSSR count). The Morgan fingerprint density at radius 1 is 1.41 bits per heavy atom. The van der Waals surface area contributed by atoms with Gasteiger partial charge in [0, 0.05) is 11.8 Å². The fraction of sp³-hybridized carbons (Fsp3) is 0.111. The predicted octanol–water partition coefficient (Wildman–Crippen LogP) is 4.01. The molecule has 0 radical (unpaired) electrons. The SMILES string of the molecule is CCOc1ccc(NC(=O)/C(C#N)=C/c2cc(Br)c(O)c([N+](=O)[O-])c2)cc1. The summed E-state index contributed by atoms with van der Waals surface area (Å²) in [7, 11) is 0. The second kappa shape index (κ2) is 8.82. The van der Waals surface area contributed by atoms with Crippen molar-refractivity contribution in [2.24, 2.45) is 0 Å². The van der Waals surface area contributed by atoms with E-state index in [0.29, 0.717) is 18.0 Å². The second-order valence-electron chi connectivity index (χ2n) is 5.21. The monoisotopic (exact) mass is 431 g/mol. The minimum Gasteiger partial charge on any atom is -0.501 e. The predicted molar refractivity (Wildman–Crippen MR) is 102 cm³/mol. The molecule has 0 aliphatic carbocycles. The number of phenols is 1. The largest absolute Gasteiger partial charge is 0.501 e. The zero-order chi connectivity index (χ0) is 20.0. The molecule has 0 bridgehead atoms. The number of aromatic hydroxyl groups is 1. The molecule has 2 aromatic carbocycles. The number of nitriles is 1. The fourth-order valence-corrected chi connectivity index (χ4v) is 2.61. The zero-order valence-electron chi connectivity index (χ0n) is 14.1. The number of halogens is 1. The van der Waals surface area contributed by atoms with Gasteiger partial charge in [0.2, 0.25) is 5.75 Å². The molecule has 0 spiro atoms. The quantitative estimate of drug-likeness (QED) is 0.308. The first-order valence-electron chi connectivity index (χ1n) is 7.68. The van der Waals surface area contributed by atoms with Crippen molar-refractivity contribution in [3.63, 3.8) is 0 Å². The summed E-state index contributed by atoms with van der Waals surface area (Å²) in [6, 6.07) is 10.8. The molecule has 138 valence electrons. The third kappa shape index (κ3) is 5.05. The summed E-state index contributed by atoms with van der Waals surface area (Å²) in [4.78, 5) is 22.5. The van der Waals surface area contributed by atoms with E-state index in [1.165, 1.54) is 12.1 Å². The summed E-state index contributed by atoms with van der Waals surface area (Å²) >= 11 is 3.01. The van der Waals surface area contributed by atoms with Gasteiger partial charge in [-0.3, -0.25) is 14.9 Å². The summed E-state index contributed by atoms with van der Waals surface area (Å²) in [6.45, 7) is 2.37. The van der Waals surface area contributed by atoms with Gasteiger partial charge in [0.15, 0.2) is 0 Å². The number of nitrogens with one attached hydrogen (secondary N) is 1. The third-order valence-electron chi connectivity index (χ3n) is 3.36. The van der Waals surface area contributed by atoms with Crippen LogP contribution in [-0.4, -0.2) is 22.5 Å². The average molecular weight is 432 g/mol. The van der Waals surface area contributed by atoms with Gasteiger partial charge in [0.25, 0.3) is 5.91 Å². The van der Waals surface area contributed by atoms with Crippen molar-refractivity contribution in [1.82, 2.24) is 0 Å². The number of hydrogen-bond donors (Lipinski definition) is 2. The number of benzene rings is 2. The van der Waals surface area contributed by atoms with E-state index in [9.17, 15) is 25.3 Å². The van der Waals surface area contributed by atoms with Crippen LogP contribution in [0.1, 0.15) is 12.5 Å². The summed E-state index contributed by atoms with van der Waals surface area (Å²) < 4.78 is 5.38. The number of amides is 1. The summed E-state index contributed by atoms with van der Waals surface area (Å²) in [6.07, 6.45) is 1.20. The van der Waals surface area contributed by atoms with E-state index in [-0.39, 0.29) is 15.6 Å². The number of anilines is 1. The van der Waals surface area contributed by atoms with Crippen molar-refractivity contribution in [3.8, 4) is 17.6 Å². The highest BCUT2D eigenvalue weighted by molar-refractivity contribution is 9.10. The maximum atomic E-state index is 12.3. The summed E-state index contributed by atoms with van der Waals surface area (Å²) in [5, 5.41) is 32.5. The van der Waals surface area contributed by atoms with Gasteiger partial charge in [0.05, 0.1) is 16.0 Å². The Labute approximate surface area is 163 Å². The Morgan fingerprint density at radius 2 is 2.07 bits per heavy atom. The van der Waals surface area contributed by atoms with Crippen LogP contribution >= 0.6 is 15.9 Å². The lowest BCUT2D eigenvalue weighted by Gasteiger charge is -2.07. The fourth-order valence-electron chi connectivity index (χ4n) is 2.14. The van der Waals surface area contributed by atoms with Crippen LogP contribution in [-0.2, 0) is 4.79 Å². The molecule has 27 heavy (non-hydrogen) atoms. The Bertz CT molecular complexity index is 949. The number of hydrogen-bond acceptors (Lipinski definition) is 6. The number of rotatable bonds is 6. The van der Waals surface area contributed by atoms with Crippen LogP contribution in [0.25, 0.3) is 6.08 Å². The average Bonchev–Trinajstić information content (AvgIpc) is 2.63. The maximum absolute atomic E-state index is 12.3. The van der Waals surface area contributed by atoms with Crippen LogP contribution in [0, 0.1) is 21.4 Å². The summed E-state index contributed by atoms with van der Waals surface area (Å²) in [5.41, 5.74) is -0.122. The Hall–Kier alpha value is -3.38. The Balaban J connectivity index is 2.26. The van der Waals surface area contributed by atoms with Crippen molar-refractivity contribution < 1.29 is 19.6 Å². The standard InChI is InChI=1S/C18H14BrN3O5/c1-2-27-14-5-3-13(4-6-14)21-18(24)12(10-20)7-11-8-15(19)17(23)16(9-11)22(25)26/h3-9,23H,2H2,1H3,(H,21,24)/b12-7+. The van der Waals surface area contributed by atoms with Crippen LogP contribution in [0.2, 0.25) is 0 Å². The lowest BCUT2D eigenvalue weighted by Crippen LogP contribution is -2.13. The number of phenolic OH excluding ortho intramolecular Hbond substituents is 1. The molecule has 0 saturated carbocycles. The van der Waals surface area contributed by atoms with E-state index in [4.69, 9.17) is 4.74 Å². The molecule has 0 aliphatic rings. The molecule has 2 aromatic rings. The van der Waals surface area contributed by atoms with Crippen molar-refractivity contribution in [2.45, 2.75) is 6.92 Å². The van der Waals surface area contributed by atoms with Crippen molar-refractivity contribution in [3.05, 3.63) is 62.1 Å². The molecule has 0 saturated heterocycles. The molecule has 8 nitrogen and oxygen atoms in total. The van der Waals surface area contributed by atoms with Gasteiger partial charge < -0.3 is 15.2 Å². The van der Waals surface area contributed by atoms with E-state index in [2.05, 4.69) is 21.2 Å². The van der Waals surface area contributed by atoms with Crippen molar-refractivity contribution >= 4 is 39.3 Å². The minimum absolute atomic E-state index is 0.0761. The first-order chi connectivity index (χ1) is 12.8. The van der Waals surface area contributed by atoms with Crippen LogP contribution in [0.3, 0.4) is 0 Å². The lowest BCUT2D eigenvalue weighted by atomic mass is 10.1. The first-order valence-corrected chi connectivity index (χ1v) is 8.48. The van der Waals surface area contributed by atoms with Gasteiger partial charge in [-0.15, -0.1) is 0 Å². The molecule has 2 N–H and O–H groups in total. The van der Waals surface area contributed by atoms with E-state index in [1.54, 1.807) is 30.3 Å². The smallest absolute Gasteiger partial charge is 0.312 e.